The van der Waals surface area contributed by atoms with Crippen molar-refractivity contribution in [2.75, 3.05) is 20.2 Å². The number of likely N-dealkylation sites (tertiary alicyclic amines) is 1. The van der Waals surface area contributed by atoms with Crippen LogP contribution in [-0.2, 0) is 11.3 Å². The van der Waals surface area contributed by atoms with Gasteiger partial charge in [-0.3, -0.25) is 4.90 Å². The maximum atomic E-state index is 9.89. The lowest BCUT2D eigenvalue weighted by atomic mass is 9.94. The Balaban J connectivity index is 2.07. The van der Waals surface area contributed by atoms with Crippen LogP contribution in [0.25, 0.3) is 0 Å². The first-order valence-corrected chi connectivity index (χ1v) is 6.58. The van der Waals surface area contributed by atoms with Crippen LogP contribution < -0.4 is 0 Å². The molecule has 1 heterocycles. The largest absolute Gasteiger partial charge is 0.508 e. The van der Waals surface area contributed by atoms with Crippen LogP contribution >= 0.6 is 0 Å². The van der Waals surface area contributed by atoms with Crippen molar-refractivity contribution >= 4 is 0 Å². The summed E-state index contributed by atoms with van der Waals surface area (Å²) in [6.45, 7) is 7.02. The molecule has 1 saturated heterocycles. The normalized spacial score (nSPS) is 25.3. The second-order valence-corrected chi connectivity index (χ2v) is 5.60. The van der Waals surface area contributed by atoms with Crippen LogP contribution in [0.15, 0.2) is 18.2 Å². The number of nitrogens with zero attached hydrogens (tertiary/aromatic N) is 1. The molecular weight excluding hydrogens is 226 g/mol. The number of rotatable bonds is 3. The Hall–Kier alpha value is -1.06. The number of piperidine rings is 1. The first-order valence-electron chi connectivity index (χ1n) is 6.58. The lowest BCUT2D eigenvalue weighted by Gasteiger charge is -2.39. The zero-order valence-corrected chi connectivity index (χ0v) is 11.6. The van der Waals surface area contributed by atoms with Crippen molar-refractivity contribution in [1.82, 2.24) is 4.90 Å². The van der Waals surface area contributed by atoms with Crippen molar-refractivity contribution in [2.24, 2.45) is 0 Å². The standard InChI is InChI=1S/C15H23NO2/c1-12-5-6-14(17)13(9-12)10-16-8-4-7-15(2,11-16)18-3/h5-6,9,17H,4,7-8,10-11H2,1-3H3. The third-order valence-corrected chi connectivity index (χ3v) is 3.86. The molecule has 3 nitrogen and oxygen atoms in total. The molecule has 2 rings (SSSR count). The molecule has 0 bridgehead atoms. The van der Waals surface area contributed by atoms with E-state index in [1.54, 1.807) is 13.2 Å². The summed E-state index contributed by atoms with van der Waals surface area (Å²) in [4.78, 5) is 2.36. The van der Waals surface area contributed by atoms with Gasteiger partial charge in [0.1, 0.15) is 5.75 Å². The Morgan fingerprint density at radius 1 is 1.44 bits per heavy atom. The molecule has 3 heteroatoms. The summed E-state index contributed by atoms with van der Waals surface area (Å²) in [5, 5.41) is 9.89. The van der Waals surface area contributed by atoms with Gasteiger partial charge < -0.3 is 9.84 Å². The smallest absolute Gasteiger partial charge is 0.120 e. The van der Waals surface area contributed by atoms with E-state index in [-0.39, 0.29) is 5.60 Å². The second kappa shape index (κ2) is 5.29. The molecular formula is C15H23NO2. The van der Waals surface area contributed by atoms with Crippen molar-refractivity contribution in [3.63, 3.8) is 0 Å². The molecule has 0 aromatic heterocycles. The number of benzene rings is 1. The molecule has 0 amide bonds. The Morgan fingerprint density at radius 2 is 2.22 bits per heavy atom. The molecule has 1 aromatic rings. The van der Waals surface area contributed by atoms with E-state index in [0.717, 1.165) is 38.0 Å². The van der Waals surface area contributed by atoms with Gasteiger partial charge in [-0.1, -0.05) is 17.7 Å². The number of aromatic hydroxyl groups is 1. The minimum absolute atomic E-state index is 0.0440. The summed E-state index contributed by atoms with van der Waals surface area (Å²) >= 11 is 0. The molecule has 18 heavy (non-hydrogen) atoms. The van der Waals surface area contributed by atoms with Crippen LogP contribution in [0.5, 0.6) is 5.75 Å². The van der Waals surface area contributed by atoms with Crippen molar-refractivity contribution in [1.29, 1.82) is 0 Å². The summed E-state index contributed by atoms with van der Waals surface area (Å²) < 4.78 is 5.60. The number of methoxy groups -OCH3 is 1. The molecule has 0 spiro atoms. The average Bonchev–Trinajstić information content (AvgIpc) is 2.34. The van der Waals surface area contributed by atoms with E-state index >= 15 is 0 Å². The summed E-state index contributed by atoms with van der Waals surface area (Å²) in [6, 6.07) is 5.78. The highest BCUT2D eigenvalue weighted by Crippen LogP contribution is 2.27. The van der Waals surface area contributed by atoms with E-state index in [9.17, 15) is 5.11 Å². The van der Waals surface area contributed by atoms with Crippen LogP contribution in [-0.4, -0.2) is 35.8 Å². The van der Waals surface area contributed by atoms with Gasteiger partial charge in [0, 0.05) is 25.8 Å². The van der Waals surface area contributed by atoms with Gasteiger partial charge in [0.2, 0.25) is 0 Å². The summed E-state index contributed by atoms with van der Waals surface area (Å²) in [5.74, 6) is 0.394. The molecule has 0 radical (unpaired) electrons. The zero-order chi connectivity index (χ0) is 13.2. The second-order valence-electron chi connectivity index (χ2n) is 5.60. The molecule has 1 fully saturated rings. The van der Waals surface area contributed by atoms with Crippen molar-refractivity contribution < 1.29 is 9.84 Å². The van der Waals surface area contributed by atoms with Crippen molar-refractivity contribution in [2.45, 2.75) is 38.8 Å². The fraction of sp³-hybridized carbons (Fsp3) is 0.600. The van der Waals surface area contributed by atoms with Crippen molar-refractivity contribution in [3.05, 3.63) is 29.3 Å². The minimum Gasteiger partial charge on any atom is -0.508 e. The summed E-state index contributed by atoms with van der Waals surface area (Å²) in [6.07, 6.45) is 2.26. The predicted octanol–water partition coefficient (Wildman–Crippen LogP) is 2.70. The molecule has 1 N–H and O–H groups in total. The molecule has 0 saturated carbocycles. The lowest BCUT2D eigenvalue weighted by molar-refractivity contribution is -0.0528. The van der Waals surface area contributed by atoms with Gasteiger partial charge in [0.15, 0.2) is 0 Å². The number of phenolic OH excluding ortho intramolecular Hbond substituents is 1. The maximum Gasteiger partial charge on any atom is 0.120 e. The van der Waals surface area contributed by atoms with E-state index in [2.05, 4.69) is 24.8 Å². The molecule has 1 aliphatic rings. The van der Waals surface area contributed by atoms with Crippen molar-refractivity contribution in [3.8, 4) is 5.75 Å². The number of ether oxygens (including phenoxy) is 1. The molecule has 1 unspecified atom stereocenters. The summed E-state index contributed by atoms with van der Waals surface area (Å²) in [5.41, 5.74) is 2.15. The zero-order valence-electron chi connectivity index (χ0n) is 11.6. The van der Waals surface area contributed by atoms with E-state index in [1.807, 2.05) is 6.07 Å². The number of hydrogen-bond donors (Lipinski definition) is 1. The highest BCUT2D eigenvalue weighted by molar-refractivity contribution is 5.35. The molecule has 1 atom stereocenters. The van der Waals surface area contributed by atoms with Gasteiger partial charge in [-0.05, 0) is 39.3 Å². The highest BCUT2D eigenvalue weighted by atomic mass is 16.5. The lowest BCUT2D eigenvalue weighted by Crippen LogP contribution is -2.46. The third-order valence-electron chi connectivity index (χ3n) is 3.86. The monoisotopic (exact) mass is 249 g/mol. The van der Waals surface area contributed by atoms with E-state index in [1.165, 1.54) is 5.56 Å². The Morgan fingerprint density at radius 3 is 2.94 bits per heavy atom. The highest BCUT2D eigenvalue weighted by Gasteiger charge is 2.30. The van der Waals surface area contributed by atoms with Gasteiger partial charge in [-0.25, -0.2) is 0 Å². The Bertz CT molecular complexity index is 419. The fourth-order valence-electron chi connectivity index (χ4n) is 2.69. The van der Waals surface area contributed by atoms with E-state index < -0.39 is 0 Å². The SMILES string of the molecule is COC1(C)CCCN(Cc2cc(C)ccc2O)C1. The van der Waals surface area contributed by atoms with Crippen LogP contribution in [0.3, 0.4) is 0 Å². The third kappa shape index (κ3) is 3.03. The van der Waals surface area contributed by atoms with Gasteiger partial charge in [0.05, 0.1) is 5.60 Å². The Labute approximate surface area is 109 Å². The van der Waals surface area contributed by atoms with Crippen LogP contribution in [0.2, 0.25) is 0 Å². The molecule has 1 aromatic carbocycles. The first kappa shape index (κ1) is 13.4. The molecule has 100 valence electrons. The van der Waals surface area contributed by atoms with E-state index in [4.69, 9.17) is 4.74 Å². The van der Waals surface area contributed by atoms with E-state index in [0.29, 0.717) is 5.75 Å². The topological polar surface area (TPSA) is 32.7 Å². The summed E-state index contributed by atoms with van der Waals surface area (Å²) in [7, 11) is 1.79. The van der Waals surface area contributed by atoms with Gasteiger partial charge in [-0.2, -0.15) is 0 Å². The number of hydrogen-bond acceptors (Lipinski definition) is 3. The number of aryl methyl sites for hydroxylation is 1. The van der Waals surface area contributed by atoms with Gasteiger partial charge in [-0.15, -0.1) is 0 Å². The quantitative estimate of drug-likeness (QED) is 0.894. The molecule has 0 aliphatic carbocycles. The van der Waals surface area contributed by atoms with Gasteiger partial charge >= 0.3 is 0 Å². The molecule has 1 aliphatic heterocycles. The van der Waals surface area contributed by atoms with Gasteiger partial charge in [0.25, 0.3) is 0 Å². The van der Waals surface area contributed by atoms with Crippen LogP contribution in [0.1, 0.15) is 30.9 Å². The minimum atomic E-state index is -0.0440. The van der Waals surface area contributed by atoms with Crippen LogP contribution in [0.4, 0.5) is 0 Å². The number of phenols is 1. The Kier molecular flexibility index (Phi) is 3.93. The first-order chi connectivity index (χ1) is 8.52. The maximum absolute atomic E-state index is 9.89. The average molecular weight is 249 g/mol. The predicted molar refractivity (Wildman–Crippen MR) is 72.8 cm³/mol. The fourth-order valence-corrected chi connectivity index (χ4v) is 2.69. The van der Waals surface area contributed by atoms with Crippen LogP contribution in [0, 0.1) is 6.92 Å².